The van der Waals surface area contributed by atoms with E-state index in [2.05, 4.69) is 39.6 Å². The number of aryl methyl sites for hydroxylation is 1. The van der Waals surface area contributed by atoms with Crippen LogP contribution in [0.5, 0.6) is 11.5 Å². The molecule has 0 bridgehead atoms. The molecule has 0 saturated carbocycles. The molecule has 0 amide bonds. The Morgan fingerprint density at radius 2 is 1.89 bits per heavy atom. The summed E-state index contributed by atoms with van der Waals surface area (Å²) in [6.07, 6.45) is 2.09. The van der Waals surface area contributed by atoms with Gasteiger partial charge in [-0.2, -0.15) is 0 Å². The van der Waals surface area contributed by atoms with E-state index in [9.17, 15) is 0 Å². The van der Waals surface area contributed by atoms with Crippen LogP contribution >= 0.6 is 0 Å². The van der Waals surface area contributed by atoms with Gasteiger partial charge in [-0.15, -0.1) is 0 Å². The van der Waals surface area contributed by atoms with Crippen molar-refractivity contribution in [2.75, 3.05) is 46.7 Å². The van der Waals surface area contributed by atoms with Crippen molar-refractivity contribution >= 4 is 11.6 Å². The van der Waals surface area contributed by atoms with Crippen molar-refractivity contribution in [1.82, 2.24) is 20.2 Å². The molecular formula is C20H31N5O2. The predicted molar refractivity (Wildman–Crippen MR) is 109 cm³/mol. The van der Waals surface area contributed by atoms with Crippen LogP contribution in [0.4, 0.5) is 11.6 Å². The quantitative estimate of drug-likeness (QED) is 0.587. The van der Waals surface area contributed by atoms with E-state index in [1.807, 2.05) is 38.2 Å². The first kappa shape index (κ1) is 20.9. The number of nitrogens with one attached hydrogen (secondary N) is 2. The molecule has 0 saturated heterocycles. The van der Waals surface area contributed by atoms with Crippen molar-refractivity contribution < 1.29 is 9.47 Å². The number of aromatic nitrogens is 2. The van der Waals surface area contributed by atoms with Gasteiger partial charge in [-0.25, -0.2) is 9.97 Å². The van der Waals surface area contributed by atoms with Crippen molar-refractivity contribution in [3.05, 3.63) is 35.7 Å². The molecule has 0 radical (unpaired) electrons. The van der Waals surface area contributed by atoms with E-state index < -0.39 is 0 Å². The van der Waals surface area contributed by atoms with Crippen LogP contribution in [0.15, 0.2) is 24.3 Å². The highest BCUT2D eigenvalue weighted by molar-refractivity contribution is 5.59. The van der Waals surface area contributed by atoms with Crippen LogP contribution in [-0.4, -0.2) is 56.3 Å². The molecule has 7 heteroatoms. The number of anilines is 2. The zero-order chi connectivity index (χ0) is 19.6. The van der Waals surface area contributed by atoms with Crippen molar-refractivity contribution in [2.24, 2.45) is 0 Å². The minimum atomic E-state index is 0.572. The third-order valence-corrected chi connectivity index (χ3v) is 3.94. The summed E-state index contributed by atoms with van der Waals surface area (Å²) in [5.74, 6) is 2.01. The molecule has 1 heterocycles. The first-order chi connectivity index (χ1) is 13.0. The molecule has 148 valence electrons. The average molecular weight is 374 g/mol. The normalized spacial score (nSPS) is 10.9. The van der Waals surface area contributed by atoms with E-state index in [4.69, 9.17) is 9.47 Å². The maximum atomic E-state index is 5.94. The Balaban J connectivity index is 2.05. The molecule has 1 aromatic heterocycles. The molecule has 2 rings (SSSR count). The Kier molecular flexibility index (Phi) is 8.29. The lowest BCUT2D eigenvalue weighted by atomic mass is 10.2. The fourth-order valence-electron chi connectivity index (χ4n) is 2.67. The molecule has 0 unspecified atom stereocenters. The molecule has 1 aromatic carbocycles. The summed E-state index contributed by atoms with van der Waals surface area (Å²) in [7, 11) is 7.70. The fourth-order valence-corrected chi connectivity index (χ4v) is 2.67. The van der Waals surface area contributed by atoms with Crippen LogP contribution in [0.2, 0.25) is 0 Å². The second kappa shape index (κ2) is 10.7. The molecular weight excluding hydrogens is 342 g/mol. The minimum Gasteiger partial charge on any atom is -0.493 e. The average Bonchev–Trinajstić information content (AvgIpc) is 2.61. The summed E-state index contributed by atoms with van der Waals surface area (Å²) >= 11 is 0. The Morgan fingerprint density at radius 1 is 1.07 bits per heavy atom. The zero-order valence-corrected chi connectivity index (χ0v) is 17.0. The Bertz CT molecular complexity index is 722. The zero-order valence-electron chi connectivity index (χ0n) is 17.0. The number of benzene rings is 1. The number of ether oxygens (including phenoxy) is 2. The summed E-state index contributed by atoms with van der Waals surface area (Å²) in [4.78, 5) is 11.2. The smallest absolute Gasteiger partial charge is 0.227 e. The van der Waals surface area contributed by atoms with E-state index >= 15 is 0 Å². The van der Waals surface area contributed by atoms with Crippen LogP contribution < -0.4 is 20.1 Å². The van der Waals surface area contributed by atoms with Crippen molar-refractivity contribution in [3.63, 3.8) is 0 Å². The molecule has 2 N–H and O–H groups in total. The minimum absolute atomic E-state index is 0.572. The number of rotatable bonds is 11. The van der Waals surface area contributed by atoms with E-state index in [0.717, 1.165) is 42.2 Å². The Morgan fingerprint density at radius 3 is 2.59 bits per heavy atom. The summed E-state index contributed by atoms with van der Waals surface area (Å²) in [5, 5.41) is 6.37. The summed E-state index contributed by atoms with van der Waals surface area (Å²) in [6.45, 7) is 4.37. The van der Waals surface area contributed by atoms with E-state index in [1.54, 1.807) is 7.11 Å². The number of hydrogen-bond donors (Lipinski definition) is 2. The van der Waals surface area contributed by atoms with Gasteiger partial charge in [0.1, 0.15) is 0 Å². The fraction of sp³-hybridized carbons (Fsp3) is 0.500. The van der Waals surface area contributed by atoms with Gasteiger partial charge in [0.25, 0.3) is 0 Å². The lowest BCUT2D eigenvalue weighted by molar-refractivity contribution is 0.277. The monoisotopic (exact) mass is 373 g/mol. The van der Waals surface area contributed by atoms with Crippen LogP contribution in [0.25, 0.3) is 0 Å². The first-order valence-electron chi connectivity index (χ1n) is 9.23. The van der Waals surface area contributed by atoms with Gasteiger partial charge in [0.2, 0.25) is 5.95 Å². The maximum absolute atomic E-state index is 5.94. The molecule has 0 atom stereocenters. The van der Waals surface area contributed by atoms with Gasteiger partial charge in [-0.05, 0) is 65.7 Å². The highest BCUT2D eigenvalue weighted by Gasteiger charge is 2.08. The molecule has 2 aromatic rings. The molecule has 0 aliphatic rings. The van der Waals surface area contributed by atoms with Crippen molar-refractivity contribution in [1.29, 1.82) is 0 Å². The largest absolute Gasteiger partial charge is 0.493 e. The molecule has 27 heavy (non-hydrogen) atoms. The van der Waals surface area contributed by atoms with Crippen molar-refractivity contribution in [3.8, 4) is 11.5 Å². The molecule has 0 aliphatic carbocycles. The van der Waals surface area contributed by atoms with Gasteiger partial charge in [0.05, 0.1) is 19.4 Å². The lowest BCUT2D eigenvalue weighted by Gasteiger charge is -2.14. The van der Waals surface area contributed by atoms with Crippen molar-refractivity contribution in [2.45, 2.75) is 26.3 Å². The third kappa shape index (κ3) is 7.03. The number of nitrogens with zero attached hydrogens (tertiary/aromatic N) is 3. The molecule has 0 spiro atoms. The van der Waals surface area contributed by atoms with Gasteiger partial charge in [-0.3, -0.25) is 0 Å². The second-order valence-corrected chi connectivity index (χ2v) is 6.70. The Hall–Kier alpha value is -2.38. The highest BCUT2D eigenvalue weighted by Crippen LogP contribution is 2.31. The molecule has 0 fully saturated rings. The lowest BCUT2D eigenvalue weighted by Crippen LogP contribution is -2.13. The highest BCUT2D eigenvalue weighted by atomic mass is 16.5. The first-order valence-corrected chi connectivity index (χ1v) is 9.23. The maximum Gasteiger partial charge on any atom is 0.227 e. The third-order valence-electron chi connectivity index (χ3n) is 3.94. The summed E-state index contributed by atoms with van der Waals surface area (Å²) in [6, 6.07) is 7.72. The topological polar surface area (TPSA) is 71.5 Å². The van der Waals surface area contributed by atoms with E-state index in [1.165, 1.54) is 0 Å². The summed E-state index contributed by atoms with van der Waals surface area (Å²) < 4.78 is 11.4. The second-order valence-electron chi connectivity index (χ2n) is 6.70. The number of methoxy groups -OCH3 is 1. The van der Waals surface area contributed by atoms with Crippen LogP contribution in [0.1, 0.15) is 24.2 Å². The van der Waals surface area contributed by atoms with Gasteiger partial charge < -0.3 is 25.0 Å². The standard InChI is InChI=1S/C20H31N5O2/c1-15-12-17(14-21-2)24-20(22-15)23-16-8-9-18(26-5)19(13-16)27-11-7-6-10-25(3)4/h8-9,12-13,21H,6-7,10-11,14H2,1-5H3,(H,22,23,24). The van der Waals surface area contributed by atoms with Gasteiger partial charge in [-0.1, -0.05) is 0 Å². The van der Waals surface area contributed by atoms with E-state index in [-0.39, 0.29) is 0 Å². The van der Waals surface area contributed by atoms with Gasteiger partial charge in [0.15, 0.2) is 11.5 Å². The summed E-state index contributed by atoms with van der Waals surface area (Å²) in [5.41, 5.74) is 2.72. The van der Waals surface area contributed by atoms with Gasteiger partial charge >= 0.3 is 0 Å². The van der Waals surface area contributed by atoms with Crippen LogP contribution in [0.3, 0.4) is 0 Å². The SMILES string of the molecule is CNCc1cc(C)nc(Nc2ccc(OC)c(OCCCCN(C)C)c2)n1. The predicted octanol–water partition coefficient (Wildman–Crippen LogP) is 2.98. The number of hydrogen-bond acceptors (Lipinski definition) is 7. The van der Waals surface area contributed by atoms with E-state index in [0.29, 0.717) is 24.8 Å². The van der Waals surface area contributed by atoms with Crippen LogP contribution in [-0.2, 0) is 6.54 Å². The number of unbranched alkanes of at least 4 members (excludes halogenated alkanes) is 1. The molecule has 0 aliphatic heterocycles. The Labute approximate surface area is 162 Å². The van der Waals surface area contributed by atoms with Crippen LogP contribution in [0, 0.1) is 6.92 Å². The van der Waals surface area contributed by atoms with Gasteiger partial charge in [0, 0.05) is 24.0 Å². The molecule has 7 nitrogen and oxygen atoms in total.